The van der Waals surface area contributed by atoms with Crippen molar-refractivity contribution in [1.82, 2.24) is 4.98 Å². The number of aliphatic hydroxyl groups is 1. The second-order valence-electron chi connectivity index (χ2n) is 1.90. The Morgan fingerprint density at radius 1 is 1.67 bits per heavy atom. The number of nitrogens with zero attached hydrogens (tertiary/aromatic N) is 2. The van der Waals surface area contributed by atoms with Crippen LogP contribution in [0.25, 0.3) is 5.76 Å². The van der Waals surface area contributed by atoms with Gasteiger partial charge in [-0.1, -0.05) is 0 Å². The van der Waals surface area contributed by atoms with E-state index in [9.17, 15) is 0 Å². The quantitative estimate of drug-likeness (QED) is 0.386. The fourth-order valence-corrected chi connectivity index (χ4v) is 0.659. The average Bonchev–Trinajstić information content (AvgIpc) is 2.07. The Morgan fingerprint density at radius 2 is 2.42 bits per heavy atom. The molecule has 0 aromatic carbocycles. The summed E-state index contributed by atoms with van der Waals surface area (Å²) in [6.07, 6.45) is 4.16. The van der Waals surface area contributed by atoms with Crippen molar-refractivity contribution >= 4 is 35.3 Å². The number of nitriles is 1. The zero-order valence-electron chi connectivity index (χ0n) is 5.73. The van der Waals surface area contributed by atoms with Gasteiger partial charge in [-0.2, -0.15) is 5.26 Å². The van der Waals surface area contributed by atoms with E-state index in [0.29, 0.717) is 5.56 Å². The van der Waals surface area contributed by atoms with Crippen LogP contribution < -0.4 is 0 Å². The molecule has 56 valence electrons. The van der Waals surface area contributed by atoms with E-state index in [1.165, 1.54) is 6.20 Å². The molecule has 0 fully saturated rings. The number of pyridine rings is 1. The van der Waals surface area contributed by atoms with Crippen molar-refractivity contribution in [3.63, 3.8) is 0 Å². The molecule has 3 nitrogen and oxygen atoms in total. The molecule has 1 N–H and O–H groups in total. The first-order valence-electron chi connectivity index (χ1n) is 3.03. The Kier molecular flexibility index (Phi) is 5.39. The zero-order chi connectivity index (χ0) is 8.10. The van der Waals surface area contributed by atoms with Crippen molar-refractivity contribution in [1.29, 1.82) is 5.26 Å². The molecule has 0 bridgehead atoms. The van der Waals surface area contributed by atoms with Gasteiger partial charge in [0.05, 0.1) is 12.1 Å². The monoisotopic (exact) mass is 170 g/mol. The van der Waals surface area contributed by atoms with Crippen LogP contribution in [-0.2, 0) is 0 Å². The molecule has 12 heavy (non-hydrogen) atoms. The number of hydrogen-bond donors (Lipinski definition) is 1. The zero-order valence-corrected chi connectivity index (χ0v) is 5.73. The van der Waals surface area contributed by atoms with Crippen molar-refractivity contribution in [3.8, 4) is 6.07 Å². The summed E-state index contributed by atoms with van der Waals surface area (Å²) in [5.41, 5.74) is 0.550. The number of aromatic nitrogens is 1. The first-order valence-corrected chi connectivity index (χ1v) is 3.03. The molecule has 1 rings (SSSR count). The van der Waals surface area contributed by atoms with Gasteiger partial charge in [-0.15, -0.1) is 0 Å². The molecule has 0 aliphatic heterocycles. The summed E-state index contributed by atoms with van der Waals surface area (Å²) in [6, 6.07) is 5.09. The summed E-state index contributed by atoms with van der Waals surface area (Å²) in [5.74, 6) is -0.0550. The Labute approximate surface area is 92.7 Å². The molecule has 0 saturated heterocycles. The van der Waals surface area contributed by atoms with Gasteiger partial charge in [0.25, 0.3) is 0 Å². The van der Waals surface area contributed by atoms with Crippen molar-refractivity contribution in [3.05, 3.63) is 36.2 Å². The van der Waals surface area contributed by atoms with E-state index in [4.69, 9.17) is 10.4 Å². The van der Waals surface area contributed by atoms with Crippen molar-refractivity contribution in [2.45, 2.75) is 0 Å². The number of aliphatic hydroxyl groups excluding tert-OH is 1. The molecule has 0 aliphatic carbocycles. The third kappa shape index (κ3) is 3.05. The van der Waals surface area contributed by atoms with Gasteiger partial charge in [0.15, 0.2) is 0 Å². The van der Waals surface area contributed by atoms with Gasteiger partial charge in [-0.25, -0.2) is 0 Å². The topological polar surface area (TPSA) is 56.9 Å². The molecule has 0 aliphatic rings. The minimum absolute atomic E-state index is 0. The van der Waals surface area contributed by atoms with E-state index < -0.39 is 0 Å². The number of rotatable bonds is 1. The summed E-state index contributed by atoms with van der Waals surface area (Å²) in [4.78, 5) is 3.78. The van der Waals surface area contributed by atoms with Crippen LogP contribution in [0.5, 0.6) is 0 Å². The molecule has 0 atom stereocenters. The standard InChI is InChI=1S/C8H6N2O.Na.H/c9-4-3-8(11)7-2-1-5-10-6-7;;/h1-3,5-6,11H;;. The fourth-order valence-electron chi connectivity index (χ4n) is 0.659. The van der Waals surface area contributed by atoms with Crippen LogP contribution in [0.1, 0.15) is 5.56 Å². The number of allylic oxidation sites excluding steroid dienone is 1. The van der Waals surface area contributed by atoms with Gasteiger partial charge in [0, 0.05) is 18.0 Å². The van der Waals surface area contributed by atoms with E-state index in [1.807, 2.05) is 0 Å². The third-order valence-corrected chi connectivity index (χ3v) is 1.16. The van der Waals surface area contributed by atoms with Gasteiger partial charge in [0.2, 0.25) is 0 Å². The predicted octanol–water partition coefficient (Wildman–Crippen LogP) is 0.856. The third-order valence-electron chi connectivity index (χ3n) is 1.16. The Balaban J connectivity index is 0.00000121. The van der Waals surface area contributed by atoms with Gasteiger partial charge in [-0.05, 0) is 12.1 Å². The van der Waals surface area contributed by atoms with E-state index >= 15 is 0 Å². The maximum atomic E-state index is 9.12. The molecular formula is C8H7N2NaO. The van der Waals surface area contributed by atoms with Crippen LogP contribution in [0.4, 0.5) is 0 Å². The SMILES string of the molecule is N#CC=C(O)c1cccnc1.[NaH]. The van der Waals surface area contributed by atoms with Crippen LogP contribution in [0, 0.1) is 11.3 Å². The van der Waals surface area contributed by atoms with Gasteiger partial charge in [-0.3, -0.25) is 4.98 Å². The molecular weight excluding hydrogens is 163 g/mol. The first-order chi connectivity index (χ1) is 5.34. The molecule has 0 saturated carbocycles. The fraction of sp³-hybridized carbons (Fsp3) is 0. The summed E-state index contributed by atoms with van der Waals surface area (Å²) >= 11 is 0. The van der Waals surface area contributed by atoms with Crippen LogP contribution in [0.2, 0.25) is 0 Å². The summed E-state index contributed by atoms with van der Waals surface area (Å²) < 4.78 is 0. The van der Waals surface area contributed by atoms with Gasteiger partial charge in [0.1, 0.15) is 5.76 Å². The normalized spacial score (nSPS) is 9.75. The molecule has 0 unspecified atom stereocenters. The van der Waals surface area contributed by atoms with Crippen LogP contribution in [-0.4, -0.2) is 39.6 Å². The van der Waals surface area contributed by atoms with E-state index in [2.05, 4.69) is 4.98 Å². The molecule has 0 radical (unpaired) electrons. The Bertz CT molecular complexity index is 303. The van der Waals surface area contributed by atoms with Crippen molar-refractivity contribution < 1.29 is 5.11 Å². The molecule has 4 heteroatoms. The van der Waals surface area contributed by atoms with Crippen molar-refractivity contribution in [2.24, 2.45) is 0 Å². The molecule has 0 spiro atoms. The van der Waals surface area contributed by atoms with Crippen LogP contribution in [0.3, 0.4) is 0 Å². The Morgan fingerprint density at radius 3 is 2.92 bits per heavy atom. The van der Waals surface area contributed by atoms with Gasteiger partial charge >= 0.3 is 29.6 Å². The van der Waals surface area contributed by atoms with Crippen LogP contribution in [0.15, 0.2) is 30.6 Å². The predicted molar refractivity (Wildman–Crippen MR) is 47.6 cm³/mol. The van der Waals surface area contributed by atoms with E-state index in [1.54, 1.807) is 24.4 Å². The molecule has 0 amide bonds. The molecule has 1 aromatic rings. The summed E-state index contributed by atoms with van der Waals surface area (Å²) in [7, 11) is 0. The van der Waals surface area contributed by atoms with E-state index in [0.717, 1.165) is 6.08 Å². The summed E-state index contributed by atoms with van der Waals surface area (Å²) in [5, 5.41) is 17.3. The average molecular weight is 170 g/mol. The summed E-state index contributed by atoms with van der Waals surface area (Å²) in [6.45, 7) is 0. The molecule has 1 heterocycles. The van der Waals surface area contributed by atoms with Gasteiger partial charge < -0.3 is 5.11 Å². The number of hydrogen-bond acceptors (Lipinski definition) is 3. The first kappa shape index (κ1) is 11.2. The van der Waals surface area contributed by atoms with E-state index in [-0.39, 0.29) is 35.3 Å². The second-order valence-corrected chi connectivity index (χ2v) is 1.90. The van der Waals surface area contributed by atoms with Crippen LogP contribution >= 0.6 is 0 Å². The minimum atomic E-state index is -0.0550. The Hall–Kier alpha value is -0.820. The second kappa shape index (κ2) is 5.78. The maximum absolute atomic E-state index is 9.12. The molecule has 1 aromatic heterocycles. The van der Waals surface area contributed by atoms with Crippen molar-refractivity contribution in [2.75, 3.05) is 0 Å².